The van der Waals surface area contributed by atoms with Crippen LogP contribution in [-0.4, -0.2) is 86.6 Å². The number of hydrogen-bond acceptors (Lipinski definition) is 6. The first-order chi connectivity index (χ1) is 11.0. The first kappa shape index (κ1) is 20.8. The van der Waals surface area contributed by atoms with Crippen molar-refractivity contribution in [1.29, 1.82) is 0 Å². The quantitative estimate of drug-likeness (QED) is 0.489. The highest BCUT2D eigenvalue weighted by Crippen LogP contribution is 2.28. The summed E-state index contributed by atoms with van der Waals surface area (Å²) in [5.74, 6) is 0. The van der Waals surface area contributed by atoms with E-state index in [1.54, 1.807) is 21.3 Å². The molecule has 9 heteroatoms. The van der Waals surface area contributed by atoms with Gasteiger partial charge in [0.1, 0.15) is 0 Å². The van der Waals surface area contributed by atoms with Crippen molar-refractivity contribution in [2.24, 2.45) is 5.41 Å². The molecule has 1 aliphatic rings. The van der Waals surface area contributed by atoms with Crippen LogP contribution in [0.1, 0.15) is 12.8 Å². The Kier molecular flexibility index (Phi) is 9.52. The smallest absolute Gasteiger partial charge is 0.279 e. The Hall–Kier alpha value is -0.290. The number of hydrogen-bond donors (Lipinski definition) is 2. The molecule has 1 heterocycles. The van der Waals surface area contributed by atoms with Crippen LogP contribution in [0.3, 0.4) is 0 Å². The topological polar surface area (TPSA) is 89.1 Å². The molecular formula is C14H31N3O5S. The second kappa shape index (κ2) is 10.5. The molecule has 0 aromatic rings. The molecule has 0 spiro atoms. The molecule has 2 N–H and O–H groups in total. The van der Waals surface area contributed by atoms with Crippen molar-refractivity contribution < 1.29 is 22.6 Å². The van der Waals surface area contributed by atoms with Gasteiger partial charge in [0, 0.05) is 46.4 Å². The maximum atomic E-state index is 12.6. The third-order valence-corrected chi connectivity index (χ3v) is 5.73. The van der Waals surface area contributed by atoms with E-state index in [0.29, 0.717) is 39.5 Å². The molecule has 0 radical (unpaired) electrons. The van der Waals surface area contributed by atoms with Gasteiger partial charge in [-0.1, -0.05) is 0 Å². The molecular weight excluding hydrogens is 322 g/mol. The minimum absolute atomic E-state index is 0.152. The summed E-state index contributed by atoms with van der Waals surface area (Å²) in [7, 11) is 1.18. The van der Waals surface area contributed by atoms with E-state index in [-0.39, 0.29) is 5.41 Å². The van der Waals surface area contributed by atoms with Gasteiger partial charge in [0.2, 0.25) is 0 Å². The zero-order chi connectivity index (χ0) is 17.2. The molecule has 1 aliphatic heterocycles. The van der Waals surface area contributed by atoms with Crippen LogP contribution in [0, 0.1) is 5.41 Å². The van der Waals surface area contributed by atoms with Crippen molar-refractivity contribution in [2.75, 3.05) is 73.9 Å². The summed E-state index contributed by atoms with van der Waals surface area (Å²) in [5.41, 5.74) is -0.152. The number of ether oxygens (including phenoxy) is 3. The van der Waals surface area contributed by atoms with Gasteiger partial charge in [0.05, 0.1) is 19.8 Å². The highest BCUT2D eigenvalue weighted by molar-refractivity contribution is 7.87. The summed E-state index contributed by atoms with van der Waals surface area (Å²) in [6.07, 6.45) is 1.78. The molecule has 1 saturated heterocycles. The molecule has 0 amide bonds. The minimum atomic E-state index is -3.58. The Balaban J connectivity index is 2.68. The van der Waals surface area contributed by atoms with Gasteiger partial charge in [-0.25, -0.2) is 4.72 Å². The van der Waals surface area contributed by atoms with Crippen molar-refractivity contribution in [3.05, 3.63) is 0 Å². The van der Waals surface area contributed by atoms with Crippen LogP contribution in [-0.2, 0) is 24.4 Å². The zero-order valence-electron chi connectivity index (χ0n) is 14.5. The largest absolute Gasteiger partial charge is 0.384 e. The van der Waals surface area contributed by atoms with Gasteiger partial charge in [0.25, 0.3) is 10.2 Å². The van der Waals surface area contributed by atoms with Gasteiger partial charge in [-0.15, -0.1) is 0 Å². The molecule has 138 valence electrons. The summed E-state index contributed by atoms with van der Waals surface area (Å²) < 4.78 is 44.6. The fourth-order valence-corrected chi connectivity index (χ4v) is 4.01. The Labute approximate surface area is 140 Å². The molecule has 0 aromatic carbocycles. The monoisotopic (exact) mass is 353 g/mol. The van der Waals surface area contributed by atoms with Gasteiger partial charge in [0.15, 0.2) is 0 Å². The molecule has 0 atom stereocenters. The van der Waals surface area contributed by atoms with E-state index in [2.05, 4.69) is 10.0 Å². The maximum absolute atomic E-state index is 12.6. The summed E-state index contributed by atoms with van der Waals surface area (Å²) in [4.78, 5) is 0. The van der Waals surface area contributed by atoms with E-state index in [1.165, 1.54) is 4.31 Å². The van der Waals surface area contributed by atoms with Crippen LogP contribution in [0.25, 0.3) is 0 Å². The average molecular weight is 353 g/mol. The number of rotatable bonds is 12. The predicted octanol–water partition coefficient (Wildman–Crippen LogP) is -0.568. The highest BCUT2D eigenvalue weighted by atomic mass is 32.2. The van der Waals surface area contributed by atoms with E-state index in [1.807, 2.05) is 0 Å². The van der Waals surface area contributed by atoms with E-state index in [0.717, 1.165) is 25.9 Å². The third kappa shape index (κ3) is 7.00. The molecule has 0 aliphatic carbocycles. The first-order valence-corrected chi connectivity index (χ1v) is 9.36. The molecule has 8 nitrogen and oxygen atoms in total. The third-order valence-electron chi connectivity index (χ3n) is 4.17. The second-order valence-electron chi connectivity index (χ2n) is 5.89. The number of nitrogens with zero attached hydrogens (tertiary/aromatic N) is 1. The molecule has 23 heavy (non-hydrogen) atoms. The normalized spacial score (nSPS) is 18.4. The van der Waals surface area contributed by atoms with Crippen LogP contribution in [0.15, 0.2) is 0 Å². The lowest BCUT2D eigenvalue weighted by molar-refractivity contribution is 0.0572. The summed E-state index contributed by atoms with van der Waals surface area (Å²) in [5, 5.41) is 3.30. The fraction of sp³-hybridized carbons (Fsp3) is 1.00. The van der Waals surface area contributed by atoms with Gasteiger partial charge >= 0.3 is 0 Å². The van der Waals surface area contributed by atoms with E-state index >= 15 is 0 Å². The molecule has 0 aromatic heterocycles. The summed E-state index contributed by atoms with van der Waals surface area (Å²) in [6, 6.07) is 0. The van der Waals surface area contributed by atoms with Crippen molar-refractivity contribution in [3.8, 4) is 0 Å². The molecule has 0 unspecified atom stereocenters. The Bertz CT molecular complexity index is 399. The van der Waals surface area contributed by atoms with E-state index < -0.39 is 10.2 Å². The highest BCUT2D eigenvalue weighted by Gasteiger charge is 2.34. The van der Waals surface area contributed by atoms with Crippen LogP contribution in [0.5, 0.6) is 0 Å². The molecule has 0 bridgehead atoms. The van der Waals surface area contributed by atoms with E-state index in [4.69, 9.17) is 14.2 Å². The number of piperidine rings is 1. The predicted molar refractivity (Wildman–Crippen MR) is 88.7 cm³/mol. The van der Waals surface area contributed by atoms with Crippen LogP contribution in [0.4, 0.5) is 0 Å². The maximum Gasteiger partial charge on any atom is 0.279 e. The summed E-state index contributed by atoms with van der Waals surface area (Å²) >= 11 is 0. The molecule has 1 fully saturated rings. The van der Waals surface area contributed by atoms with Gasteiger partial charge in [-0.05, 0) is 25.9 Å². The Morgan fingerprint density at radius 1 is 1.04 bits per heavy atom. The van der Waals surface area contributed by atoms with Crippen LogP contribution in [0.2, 0.25) is 0 Å². The number of methoxy groups -OCH3 is 3. The molecule has 0 saturated carbocycles. The van der Waals surface area contributed by atoms with Gasteiger partial charge in [-0.3, -0.25) is 0 Å². The number of nitrogens with one attached hydrogen (secondary N) is 2. The Morgan fingerprint density at radius 2 is 1.61 bits per heavy atom. The van der Waals surface area contributed by atoms with Crippen molar-refractivity contribution in [3.63, 3.8) is 0 Å². The van der Waals surface area contributed by atoms with Crippen molar-refractivity contribution in [2.45, 2.75) is 12.8 Å². The lowest BCUT2D eigenvalue weighted by Crippen LogP contribution is -2.51. The van der Waals surface area contributed by atoms with Crippen molar-refractivity contribution >= 4 is 10.2 Å². The standard InChI is InChI=1S/C14H31N3O5S/c1-20-10-8-17(9-11-21-2)23(18,19)16-12-14(13-22-3)4-6-15-7-5-14/h15-16H,4-13H2,1-3H3. The van der Waals surface area contributed by atoms with Crippen LogP contribution >= 0.6 is 0 Å². The van der Waals surface area contributed by atoms with Crippen molar-refractivity contribution in [1.82, 2.24) is 14.3 Å². The van der Waals surface area contributed by atoms with Crippen LogP contribution < -0.4 is 10.0 Å². The zero-order valence-corrected chi connectivity index (χ0v) is 15.3. The van der Waals surface area contributed by atoms with Gasteiger partial charge < -0.3 is 19.5 Å². The average Bonchev–Trinajstić information content (AvgIpc) is 2.54. The lowest BCUT2D eigenvalue weighted by atomic mass is 9.80. The Morgan fingerprint density at radius 3 is 2.09 bits per heavy atom. The van der Waals surface area contributed by atoms with E-state index in [9.17, 15) is 8.42 Å². The fourth-order valence-electron chi connectivity index (χ4n) is 2.71. The molecule has 1 rings (SSSR count). The second-order valence-corrected chi connectivity index (χ2v) is 7.65. The lowest BCUT2D eigenvalue weighted by Gasteiger charge is -2.37. The SMILES string of the molecule is COCCN(CCOC)S(=O)(=O)NCC1(COC)CCNCC1. The first-order valence-electron chi connectivity index (χ1n) is 7.92. The van der Waals surface area contributed by atoms with Gasteiger partial charge in [-0.2, -0.15) is 12.7 Å². The minimum Gasteiger partial charge on any atom is -0.384 e. The summed E-state index contributed by atoms with van der Waals surface area (Å²) in [6.45, 7) is 3.97.